The van der Waals surface area contributed by atoms with Crippen molar-refractivity contribution < 1.29 is 22.2 Å². The van der Waals surface area contributed by atoms with E-state index in [0.29, 0.717) is 17.9 Å². The molecule has 0 bridgehead atoms. The van der Waals surface area contributed by atoms with Gasteiger partial charge < -0.3 is 10.6 Å². The molecule has 4 nitrogen and oxygen atoms in total. The fourth-order valence-electron chi connectivity index (χ4n) is 1.70. The fraction of sp³-hybridized carbons (Fsp3) is 0.462. The van der Waals surface area contributed by atoms with Gasteiger partial charge in [0.1, 0.15) is 0 Å². The van der Waals surface area contributed by atoms with E-state index in [1.54, 1.807) is 6.26 Å². The number of carbonyl (C=O) groups excluding carboxylic acids is 1. The molecule has 2 N–H and O–H groups in total. The topological polar surface area (TPSA) is 58.2 Å². The van der Waals surface area contributed by atoms with Crippen molar-refractivity contribution in [3.8, 4) is 0 Å². The lowest BCUT2D eigenvalue weighted by Gasteiger charge is -2.13. The number of benzene rings is 1. The van der Waals surface area contributed by atoms with Crippen molar-refractivity contribution in [3.63, 3.8) is 0 Å². The molecule has 1 unspecified atom stereocenters. The lowest BCUT2D eigenvalue weighted by molar-refractivity contribution is -0.137. The minimum atomic E-state index is -4.50. The van der Waals surface area contributed by atoms with Gasteiger partial charge in [-0.1, -0.05) is 0 Å². The summed E-state index contributed by atoms with van der Waals surface area (Å²) in [5, 5.41) is 5.21. The van der Waals surface area contributed by atoms with Crippen molar-refractivity contribution >= 4 is 22.4 Å². The van der Waals surface area contributed by atoms with Gasteiger partial charge in [0, 0.05) is 42.1 Å². The van der Waals surface area contributed by atoms with Crippen LogP contribution in [0.5, 0.6) is 0 Å². The van der Waals surface area contributed by atoms with E-state index in [1.807, 2.05) is 0 Å². The van der Waals surface area contributed by atoms with Crippen LogP contribution in [0.15, 0.2) is 18.2 Å². The van der Waals surface area contributed by atoms with Gasteiger partial charge in [0.2, 0.25) is 0 Å². The monoisotopic (exact) mass is 322 g/mol. The molecule has 0 aliphatic heterocycles. The van der Waals surface area contributed by atoms with E-state index in [0.717, 1.165) is 12.1 Å². The van der Waals surface area contributed by atoms with E-state index in [2.05, 4.69) is 10.6 Å². The van der Waals surface area contributed by atoms with Crippen molar-refractivity contribution in [3.05, 3.63) is 29.3 Å². The summed E-state index contributed by atoms with van der Waals surface area (Å²) < 4.78 is 48.9. The second-order valence-electron chi connectivity index (χ2n) is 4.39. The first-order valence-electron chi connectivity index (χ1n) is 6.23. The zero-order valence-electron chi connectivity index (χ0n) is 11.7. The Labute approximate surface area is 123 Å². The summed E-state index contributed by atoms with van der Waals surface area (Å²) in [6.45, 7) is 0.262. The molecule has 0 fully saturated rings. The number of rotatable bonds is 6. The molecule has 0 radical (unpaired) electrons. The zero-order chi connectivity index (χ0) is 16.0. The van der Waals surface area contributed by atoms with Crippen LogP contribution < -0.4 is 10.6 Å². The molecule has 0 aliphatic rings. The number of anilines is 1. The standard InChI is InChI=1S/C13H17F3N2O2S/c1-17-11-5-4-9(13(14,15)16)8-10(11)12(19)18-6-3-7-21(2)20/h4-5,8,17H,3,6-7H2,1-2H3,(H,18,19). The highest BCUT2D eigenvalue weighted by Crippen LogP contribution is 2.31. The third-order valence-corrected chi connectivity index (χ3v) is 3.62. The number of hydrogen-bond acceptors (Lipinski definition) is 3. The lowest BCUT2D eigenvalue weighted by Crippen LogP contribution is -2.26. The second-order valence-corrected chi connectivity index (χ2v) is 5.95. The van der Waals surface area contributed by atoms with Crippen LogP contribution in [-0.4, -0.2) is 35.7 Å². The van der Waals surface area contributed by atoms with Crippen LogP contribution in [0.4, 0.5) is 18.9 Å². The van der Waals surface area contributed by atoms with Gasteiger partial charge in [-0.3, -0.25) is 9.00 Å². The van der Waals surface area contributed by atoms with E-state index >= 15 is 0 Å². The van der Waals surface area contributed by atoms with Crippen molar-refractivity contribution in [2.75, 3.05) is 30.9 Å². The quantitative estimate of drug-likeness (QED) is 0.790. The maximum absolute atomic E-state index is 12.7. The molecule has 0 spiro atoms. The smallest absolute Gasteiger partial charge is 0.387 e. The van der Waals surface area contributed by atoms with E-state index in [-0.39, 0.29) is 12.1 Å². The highest BCUT2D eigenvalue weighted by molar-refractivity contribution is 7.84. The van der Waals surface area contributed by atoms with Crippen LogP contribution in [0, 0.1) is 0 Å². The molecule has 0 heterocycles. The van der Waals surface area contributed by atoms with Crippen molar-refractivity contribution in [1.29, 1.82) is 0 Å². The molecular weight excluding hydrogens is 305 g/mol. The number of amides is 1. The lowest BCUT2D eigenvalue weighted by atomic mass is 10.1. The van der Waals surface area contributed by atoms with Crippen molar-refractivity contribution in [1.82, 2.24) is 5.32 Å². The number of nitrogens with one attached hydrogen (secondary N) is 2. The van der Waals surface area contributed by atoms with Gasteiger partial charge in [-0.15, -0.1) is 0 Å². The molecule has 118 valence electrons. The number of halogens is 3. The van der Waals surface area contributed by atoms with E-state index in [1.165, 1.54) is 13.1 Å². The molecule has 8 heteroatoms. The Kier molecular flexibility index (Phi) is 6.19. The summed E-state index contributed by atoms with van der Waals surface area (Å²) in [4.78, 5) is 12.0. The average molecular weight is 322 g/mol. The van der Waals surface area contributed by atoms with Crippen LogP contribution in [0.25, 0.3) is 0 Å². The minimum Gasteiger partial charge on any atom is -0.387 e. The van der Waals surface area contributed by atoms with Crippen LogP contribution >= 0.6 is 0 Å². The maximum Gasteiger partial charge on any atom is 0.416 e. The number of alkyl halides is 3. The molecule has 1 amide bonds. The van der Waals surface area contributed by atoms with Gasteiger partial charge >= 0.3 is 6.18 Å². The average Bonchev–Trinajstić information content (AvgIpc) is 2.41. The molecule has 21 heavy (non-hydrogen) atoms. The maximum atomic E-state index is 12.7. The third-order valence-electron chi connectivity index (χ3n) is 2.75. The summed E-state index contributed by atoms with van der Waals surface area (Å²) in [7, 11) is 0.569. The van der Waals surface area contributed by atoms with Gasteiger partial charge in [0.15, 0.2) is 0 Å². The van der Waals surface area contributed by atoms with Crippen LogP contribution in [-0.2, 0) is 17.0 Å². The Morgan fingerprint density at radius 3 is 2.52 bits per heavy atom. The summed E-state index contributed by atoms with van der Waals surface area (Å²) in [5.74, 6) is -0.158. The summed E-state index contributed by atoms with van der Waals surface area (Å²) in [6.07, 6.45) is -2.45. The van der Waals surface area contributed by atoms with E-state index < -0.39 is 28.4 Å². The predicted octanol–water partition coefficient (Wildman–Crippen LogP) is 2.25. The molecule has 1 aromatic rings. The van der Waals surface area contributed by atoms with Gasteiger partial charge in [0.25, 0.3) is 5.91 Å². The van der Waals surface area contributed by atoms with Gasteiger partial charge in [-0.25, -0.2) is 0 Å². The Bertz CT molecular complexity index is 533. The summed E-state index contributed by atoms with van der Waals surface area (Å²) >= 11 is 0. The molecule has 1 rings (SSSR count). The van der Waals surface area contributed by atoms with Gasteiger partial charge in [-0.2, -0.15) is 13.2 Å². The van der Waals surface area contributed by atoms with Gasteiger partial charge in [0.05, 0.1) is 11.1 Å². The van der Waals surface area contributed by atoms with Crippen LogP contribution in [0.2, 0.25) is 0 Å². The predicted molar refractivity (Wildman–Crippen MR) is 76.9 cm³/mol. The zero-order valence-corrected chi connectivity index (χ0v) is 12.5. The molecule has 0 aromatic heterocycles. The first-order chi connectivity index (χ1) is 9.75. The molecule has 0 saturated heterocycles. The molecule has 0 saturated carbocycles. The third kappa shape index (κ3) is 5.37. The number of carbonyl (C=O) groups is 1. The highest BCUT2D eigenvalue weighted by atomic mass is 32.2. The molecule has 0 aliphatic carbocycles. The van der Waals surface area contributed by atoms with E-state index in [9.17, 15) is 22.2 Å². The van der Waals surface area contributed by atoms with Crippen LogP contribution in [0.3, 0.4) is 0 Å². The van der Waals surface area contributed by atoms with Gasteiger partial charge in [-0.05, 0) is 24.6 Å². The number of hydrogen-bond donors (Lipinski definition) is 2. The first kappa shape index (κ1) is 17.5. The second kappa shape index (κ2) is 7.44. The first-order valence-corrected chi connectivity index (χ1v) is 7.95. The molecular formula is C13H17F3N2O2S. The normalized spacial score (nSPS) is 12.8. The van der Waals surface area contributed by atoms with E-state index in [4.69, 9.17) is 0 Å². The molecule has 1 atom stereocenters. The molecule has 1 aromatic carbocycles. The highest BCUT2D eigenvalue weighted by Gasteiger charge is 2.31. The Morgan fingerprint density at radius 1 is 1.33 bits per heavy atom. The Balaban J connectivity index is 2.83. The summed E-state index contributed by atoms with van der Waals surface area (Å²) in [5.41, 5.74) is -0.620. The SMILES string of the molecule is CNc1ccc(C(F)(F)F)cc1C(=O)NCCCS(C)=O. The van der Waals surface area contributed by atoms with Crippen molar-refractivity contribution in [2.45, 2.75) is 12.6 Å². The largest absolute Gasteiger partial charge is 0.416 e. The Morgan fingerprint density at radius 2 is 2.00 bits per heavy atom. The van der Waals surface area contributed by atoms with Crippen molar-refractivity contribution in [2.24, 2.45) is 0 Å². The summed E-state index contributed by atoms with van der Waals surface area (Å²) in [6, 6.07) is 2.96. The minimum absolute atomic E-state index is 0.0649. The van der Waals surface area contributed by atoms with Crippen LogP contribution in [0.1, 0.15) is 22.3 Å². The fourth-order valence-corrected chi connectivity index (χ4v) is 2.25. The Hall–Kier alpha value is -1.57.